The van der Waals surface area contributed by atoms with E-state index >= 15 is 0 Å². The first-order chi connectivity index (χ1) is 11.1. The van der Waals surface area contributed by atoms with E-state index in [-0.39, 0.29) is 0 Å². The fourth-order valence-corrected chi connectivity index (χ4v) is 3.00. The van der Waals surface area contributed by atoms with Crippen LogP contribution in [0.3, 0.4) is 0 Å². The van der Waals surface area contributed by atoms with Crippen molar-refractivity contribution in [1.29, 1.82) is 0 Å². The number of hydrogen-bond donors (Lipinski definition) is 1. The number of fused-ring (bicyclic) bond motifs is 1. The standard InChI is InChI=1S/C19H20N2O2/c1-13-9-10-16(14(2)12-13)20-18(22)19(23)21-11-5-7-15-6-3-4-8-17(15)21/h3-4,6,8-10,12H,5,7,11H2,1-2H3,(H,20,22). The maximum Gasteiger partial charge on any atom is 0.316 e. The van der Waals surface area contributed by atoms with E-state index in [1.54, 1.807) is 4.90 Å². The van der Waals surface area contributed by atoms with E-state index in [2.05, 4.69) is 5.32 Å². The van der Waals surface area contributed by atoms with Crippen LogP contribution in [0, 0.1) is 13.8 Å². The largest absolute Gasteiger partial charge is 0.318 e. The maximum absolute atomic E-state index is 12.6. The third-order valence-electron chi connectivity index (χ3n) is 4.18. The van der Waals surface area contributed by atoms with E-state index in [9.17, 15) is 9.59 Å². The van der Waals surface area contributed by atoms with Crippen LogP contribution in [0.2, 0.25) is 0 Å². The van der Waals surface area contributed by atoms with E-state index in [4.69, 9.17) is 0 Å². The van der Waals surface area contributed by atoms with Crippen LogP contribution in [0.15, 0.2) is 42.5 Å². The molecule has 1 aliphatic heterocycles. The lowest BCUT2D eigenvalue weighted by molar-refractivity contribution is -0.134. The summed E-state index contributed by atoms with van der Waals surface area (Å²) in [6.07, 6.45) is 1.82. The summed E-state index contributed by atoms with van der Waals surface area (Å²) in [6, 6.07) is 13.5. The molecule has 118 valence electrons. The van der Waals surface area contributed by atoms with Gasteiger partial charge in [-0.15, -0.1) is 0 Å². The fourth-order valence-electron chi connectivity index (χ4n) is 3.00. The molecular weight excluding hydrogens is 288 g/mol. The van der Waals surface area contributed by atoms with Crippen molar-refractivity contribution in [2.45, 2.75) is 26.7 Å². The quantitative estimate of drug-likeness (QED) is 0.822. The Bertz CT molecular complexity index is 768. The number of nitrogens with one attached hydrogen (secondary N) is 1. The molecule has 2 aromatic carbocycles. The second-order valence-corrected chi connectivity index (χ2v) is 5.96. The summed E-state index contributed by atoms with van der Waals surface area (Å²) in [5.74, 6) is -1.09. The Morgan fingerprint density at radius 2 is 1.87 bits per heavy atom. The highest BCUT2D eigenvalue weighted by molar-refractivity contribution is 6.44. The highest BCUT2D eigenvalue weighted by atomic mass is 16.2. The van der Waals surface area contributed by atoms with Gasteiger partial charge in [0.15, 0.2) is 0 Å². The van der Waals surface area contributed by atoms with E-state index in [1.165, 1.54) is 0 Å². The minimum atomic E-state index is -0.589. The van der Waals surface area contributed by atoms with Crippen molar-refractivity contribution in [3.8, 4) is 0 Å². The molecule has 23 heavy (non-hydrogen) atoms. The molecule has 2 aromatic rings. The number of aryl methyl sites for hydroxylation is 3. The fraction of sp³-hybridized carbons (Fsp3) is 0.263. The lowest BCUT2D eigenvalue weighted by atomic mass is 10.0. The Labute approximate surface area is 136 Å². The number of rotatable bonds is 1. The van der Waals surface area contributed by atoms with Crippen LogP contribution in [0.4, 0.5) is 11.4 Å². The average molecular weight is 308 g/mol. The van der Waals surface area contributed by atoms with Gasteiger partial charge in [-0.1, -0.05) is 35.9 Å². The van der Waals surface area contributed by atoms with E-state index in [0.29, 0.717) is 12.2 Å². The van der Waals surface area contributed by atoms with Crippen LogP contribution >= 0.6 is 0 Å². The van der Waals surface area contributed by atoms with Gasteiger partial charge in [0.2, 0.25) is 0 Å². The zero-order valence-corrected chi connectivity index (χ0v) is 13.4. The Morgan fingerprint density at radius 3 is 2.65 bits per heavy atom. The zero-order chi connectivity index (χ0) is 16.4. The molecule has 0 atom stereocenters. The minimum absolute atomic E-state index is 0.503. The lowest BCUT2D eigenvalue weighted by Crippen LogP contribution is -2.42. The summed E-state index contributed by atoms with van der Waals surface area (Å²) < 4.78 is 0. The van der Waals surface area contributed by atoms with E-state index in [0.717, 1.165) is 35.2 Å². The molecule has 0 spiro atoms. The smallest absolute Gasteiger partial charge is 0.316 e. The van der Waals surface area contributed by atoms with Crippen LogP contribution in [0.1, 0.15) is 23.1 Å². The second kappa shape index (κ2) is 6.24. The van der Waals surface area contributed by atoms with Gasteiger partial charge < -0.3 is 10.2 Å². The number of nitrogens with zero attached hydrogens (tertiary/aromatic N) is 1. The third-order valence-corrected chi connectivity index (χ3v) is 4.18. The molecule has 1 N–H and O–H groups in total. The molecular formula is C19H20N2O2. The van der Waals surface area contributed by atoms with Crippen LogP contribution in [-0.2, 0) is 16.0 Å². The predicted octanol–water partition coefficient (Wildman–Crippen LogP) is 3.22. The number of benzene rings is 2. The van der Waals surface area contributed by atoms with Crippen molar-refractivity contribution in [3.63, 3.8) is 0 Å². The van der Waals surface area contributed by atoms with Crippen molar-refractivity contribution >= 4 is 23.2 Å². The SMILES string of the molecule is Cc1ccc(NC(=O)C(=O)N2CCCc3ccccc32)c(C)c1. The van der Waals surface area contributed by atoms with Crippen molar-refractivity contribution in [2.24, 2.45) is 0 Å². The van der Waals surface area contributed by atoms with Crippen LogP contribution in [-0.4, -0.2) is 18.4 Å². The molecule has 1 heterocycles. The normalized spacial score (nSPS) is 13.4. The number of para-hydroxylation sites is 1. The highest BCUT2D eigenvalue weighted by Crippen LogP contribution is 2.27. The molecule has 0 fully saturated rings. The van der Waals surface area contributed by atoms with Gasteiger partial charge in [-0.2, -0.15) is 0 Å². The molecule has 0 bridgehead atoms. The van der Waals surface area contributed by atoms with Gasteiger partial charge >= 0.3 is 11.8 Å². The number of amides is 2. The Morgan fingerprint density at radius 1 is 1.09 bits per heavy atom. The van der Waals surface area contributed by atoms with Crippen molar-refractivity contribution < 1.29 is 9.59 Å². The Kier molecular flexibility index (Phi) is 4.15. The monoisotopic (exact) mass is 308 g/mol. The number of anilines is 2. The van der Waals surface area contributed by atoms with E-state index in [1.807, 2.05) is 56.3 Å². The number of carbonyl (C=O) groups is 2. The first kappa shape index (κ1) is 15.3. The number of hydrogen-bond acceptors (Lipinski definition) is 2. The van der Waals surface area contributed by atoms with Crippen molar-refractivity contribution in [2.75, 3.05) is 16.8 Å². The Balaban J connectivity index is 1.80. The van der Waals surface area contributed by atoms with Gasteiger partial charge in [0.1, 0.15) is 0 Å². The summed E-state index contributed by atoms with van der Waals surface area (Å²) in [5.41, 5.74) is 4.71. The first-order valence-electron chi connectivity index (χ1n) is 7.84. The summed E-state index contributed by atoms with van der Waals surface area (Å²) in [4.78, 5) is 26.5. The minimum Gasteiger partial charge on any atom is -0.318 e. The van der Waals surface area contributed by atoms with Crippen LogP contribution in [0.25, 0.3) is 0 Å². The van der Waals surface area contributed by atoms with Crippen molar-refractivity contribution in [1.82, 2.24) is 0 Å². The molecule has 4 heteroatoms. The molecule has 0 radical (unpaired) electrons. The average Bonchev–Trinajstić information content (AvgIpc) is 2.56. The molecule has 2 amide bonds. The zero-order valence-electron chi connectivity index (χ0n) is 13.4. The van der Waals surface area contributed by atoms with Gasteiger partial charge in [0.05, 0.1) is 0 Å². The predicted molar refractivity (Wildman–Crippen MR) is 91.7 cm³/mol. The van der Waals surface area contributed by atoms with Gasteiger partial charge in [-0.25, -0.2) is 0 Å². The highest BCUT2D eigenvalue weighted by Gasteiger charge is 2.27. The molecule has 0 saturated heterocycles. The van der Waals surface area contributed by atoms with Gasteiger partial charge in [0, 0.05) is 17.9 Å². The third kappa shape index (κ3) is 3.11. The molecule has 1 aliphatic rings. The molecule has 0 aromatic heterocycles. The maximum atomic E-state index is 12.6. The molecule has 0 unspecified atom stereocenters. The first-order valence-corrected chi connectivity index (χ1v) is 7.84. The van der Waals surface area contributed by atoms with Gasteiger partial charge in [-0.3, -0.25) is 9.59 Å². The van der Waals surface area contributed by atoms with Crippen LogP contribution < -0.4 is 10.2 Å². The van der Waals surface area contributed by atoms with Crippen LogP contribution in [0.5, 0.6) is 0 Å². The second-order valence-electron chi connectivity index (χ2n) is 5.96. The molecule has 0 saturated carbocycles. The number of carbonyl (C=O) groups excluding carboxylic acids is 2. The van der Waals surface area contributed by atoms with Crippen molar-refractivity contribution in [3.05, 3.63) is 59.2 Å². The summed E-state index contributed by atoms with van der Waals surface area (Å²) in [6.45, 7) is 4.49. The van der Waals surface area contributed by atoms with Gasteiger partial charge in [0.25, 0.3) is 0 Å². The topological polar surface area (TPSA) is 49.4 Å². The summed E-state index contributed by atoms with van der Waals surface area (Å²) in [7, 11) is 0. The molecule has 4 nitrogen and oxygen atoms in total. The van der Waals surface area contributed by atoms with Gasteiger partial charge in [-0.05, 0) is 49.9 Å². The van der Waals surface area contributed by atoms with E-state index < -0.39 is 11.8 Å². The lowest BCUT2D eigenvalue weighted by Gasteiger charge is -2.28. The summed E-state index contributed by atoms with van der Waals surface area (Å²) in [5, 5.41) is 2.74. The molecule has 3 rings (SSSR count). The summed E-state index contributed by atoms with van der Waals surface area (Å²) >= 11 is 0. The molecule has 0 aliphatic carbocycles. The Hall–Kier alpha value is -2.62.